The minimum absolute atomic E-state index is 0.0742. The zero-order chi connectivity index (χ0) is 15.7. The van der Waals surface area contributed by atoms with Crippen LogP contribution < -0.4 is 16.0 Å². The Kier molecular flexibility index (Phi) is 7.48. The molecule has 4 amide bonds. The molecule has 0 saturated heterocycles. The number of aliphatic carboxylic acids is 2. The number of carboxylic acids is 2. The molecule has 0 unspecified atom stereocenters. The number of nitrogens with zero attached hydrogens (tertiary/aromatic N) is 1. The van der Waals surface area contributed by atoms with Crippen molar-refractivity contribution in [3.8, 4) is 0 Å². The topological polar surface area (TPSA) is 148 Å². The first kappa shape index (κ1) is 17.5. The van der Waals surface area contributed by atoms with Crippen LogP contribution in [0.5, 0.6) is 0 Å². The Morgan fingerprint density at radius 2 is 1.60 bits per heavy atom. The summed E-state index contributed by atoms with van der Waals surface area (Å²) >= 11 is 0. The van der Waals surface area contributed by atoms with E-state index in [0.717, 1.165) is 0 Å². The van der Waals surface area contributed by atoms with Crippen molar-refractivity contribution in [2.75, 3.05) is 27.2 Å². The summed E-state index contributed by atoms with van der Waals surface area (Å²) < 4.78 is 0. The van der Waals surface area contributed by atoms with Gasteiger partial charge in [0.05, 0.1) is 6.42 Å². The molecule has 0 spiro atoms. The van der Waals surface area contributed by atoms with E-state index in [1.165, 1.54) is 4.90 Å². The molecule has 0 aromatic rings. The third kappa shape index (κ3) is 7.74. The first-order chi connectivity index (χ1) is 9.23. The van der Waals surface area contributed by atoms with Crippen LogP contribution in [0.1, 0.15) is 6.42 Å². The SMILES string of the molecule is CN(C)C(=O)NCCNC(=O)N[C@H](CC(=O)O)C(=O)O. The third-order valence-corrected chi connectivity index (χ3v) is 2.08. The minimum atomic E-state index is -1.51. The predicted molar refractivity (Wildman–Crippen MR) is 67.3 cm³/mol. The summed E-state index contributed by atoms with van der Waals surface area (Å²) in [4.78, 5) is 44.9. The lowest BCUT2D eigenvalue weighted by Gasteiger charge is -2.14. The number of hydrogen-bond donors (Lipinski definition) is 5. The van der Waals surface area contributed by atoms with Crippen LogP contribution in [0.25, 0.3) is 0 Å². The maximum absolute atomic E-state index is 11.3. The molecular weight excluding hydrogens is 272 g/mol. The molecule has 0 aromatic carbocycles. The van der Waals surface area contributed by atoms with E-state index in [1.807, 2.05) is 5.32 Å². The molecule has 1 atom stereocenters. The van der Waals surface area contributed by atoms with Crippen molar-refractivity contribution < 1.29 is 29.4 Å². The second-order valence-electron chi connectivity index (χ2n) is 4.02. The number of urea groups is 2. The highest BCUT2D eigenvalue weighted by molar-refractivity contribution is 5.86. The van der Waals surface area contributed by atoms with Gasteiger partial charge in [-0.2, -0.15) is 0 Å². The molecule has 0 saturated carbocycles. The zero-order valence-corrected chi connectivity index (χ0v) is 11.2. The molecule has 0 rings (SSSR count). The van der Waals surface area contributed by atoms with E-state index in [-0.39, 0.29) is 19.1 Å². The molecule has 0 heterocycles. The van der Waals surface area contributed by atoms with Crippen LogP contribution in [0.4, 0.5) is 9.59 Å². The van der Waals surface area contributed by atoms with Crippen molar-refractivity contribution >= 4 is 24.0 Å². The van der Waals surface area contributed by atoms with Gasteiger partial charge < -0.3 is 31.1 Å². The van der Waals surface area contributed by atoms with E-state index in [2.05, 4.69) is 10.6 Å². The largest absolute Gasteiger partial charge is 0.481 e. The number of nitrogens with one attached hydrogen (secondary N) is 3. The Labute approximate surface area is 115 Å². The number of rotatable bonds is 7. The fraction of sp³-hybridized carbons (Fsp3) is 0.600. The fourth-order valence-corrected chi connectivity index (χ4v) is 1.09. The predicted octanol–water partition coefficient (Wildman–Crippen LogP) is -1.52. The molecule has 0 aliphatic heterocycles. The van der Waals surface area contributed by atoms with Crippen molar-refractivity contribution in [3.63, 3.8) is 0 Å². The summed E-state index contributed by atoms with van der Waals surface area (Å²) in [6.07, 6.45) is -0.722. The number of amides is 4. The average Bonchev–Trinajstić information content (AvgIpc) is 2.32. The van der Waals surface area contributed by atoms with E-state index in [0.29, 0.717) is 0 Å². The first-order valence-corrected chi connectivity index (χ1v) is 5.68. The summed E-state index contributed by atoms with van der Waals surface area (Å²) in [5.41, 5.74) is 0. The Hall–Kier alpha value is -2.52. The average molecular weight is 290 g/mol. The van der Waals surface area contributed by atoms with Crippen LogP contribution in [-0.4, -0.2) is 72.3 Å². The van der Waals surface area contributed by atoms with Gasteiger partial charge >= 0.3 is 24.0 Å². The molecule has 5 N–H and O–H groups in total. The van der Waals surface area contributed by atoms with Gasteiger partial charge in [-0.1, -0.05) is 0 Å². The lowest BCUT2D eigenvalue weighted by atomic mass is 10.2. The Morgan fingerprint density at radius 1 is 1.05 bits per heavy atom. The van der Waals surface area contributed by atoms with Gasteiger partial charge in [0.1, 0.15) is 6.04 Å². The smallest absolute Gasteiger partial charge is 0.326 e. The molecule has 0 aromatic heterocycles. The molecular formula is C10H18N4O6. The normalized spacial score (nSPS) is 11.1. The highest BCUT2D eigenvalue weighted by Crippen LogP contribution is 1.92. The summed E-state index contributed by atoms with van der Waals surface area (Å²) in [5, 5.41) is 24.0. The number of carboxylic acid groups (broad SMARTS) is 2. The summed E-state index contributed by atoms with van der Waals surface area (Å²) in [6, 6.07) is -2.66. The van der Waals surface area contributed by atoms with Gasteiger partial charge in [0.25, 0.3) is 0 Å². The lowest BCUT2D eigenvalue weighted by Crippen LogP contribution is -2.48. The molecule has 10 heteroatoms. The van der Waals surface area contributed by atoms with Crippen LogP contribution in [0.15, 0.2) is 0 Å². The van der Waals surface area contributed by atoms with Gasteiger partial charge in [-0.3, -0.25) is 4.79 Å². The van der Waals surface area contributed by atoms with Crippen LogP contribution in [-0.2, 0) is 9.59 Å². The molecule has 0 aliphatic carbocycles. The highest BCUT2D eigenvalue weighted by Gasteiger charge is 2.22. The van der Waals surface area contributed by atoms with Crippen molar-refractivity contribution in [1.29, 1.82) is 0 Å². The molecule has 0 fully saturated rings. The maximum atomic E-state index is 11.3. The summed E-state index contributed by atoms with van der Waals surface area (Å²) in [5.74, 6) is -2.78. The molecule has 0 aliphatic rings. The number of carbonyl (C=O) groups excluding carboxylic acids is 2. The van der Waals surface area contributed by atoms with Crippen molar-refractivity contribution in [1.82, 2.24) is 20.9 Å². The third-order valence-electron chi connectivity index (χ3n) is 2.08. The molecule has 0 radical (unpaired) electrons. The molecule has 20 heavy (non-hydrogen) atoms. The Bertz CT molecular complexity index is 384. The van der Waals surface area contributed by atoms with Gasteiger partial charge in [-0.25, -0.2) is 14.4 Å². The quantitative estimate of drug-likeness (QED) is 0.360. The highest BCUT2D eigenvalue weighted by atomic mass is 16.4. The van der Waals surface area contributed by atoms with Crippen molar-refractivity contribution in [2.45, 2.75) is 12.5 Å². The second kappa shape index (κ2) is 8.56. The summed E-state index contributed by atoms with van der Waals surface area (Å²) in [6.45, 7) is 0.228. The van der Waals surface area contributed by atoms with Crippen LogP contribution in [0, 0.1) is 0 Å². The number of hydrogen-bond acceptors (Lipinski definition) is 4. The molecule has 114 valence electrons. The van der Waals surface area contributed by atoms with Gasteiger partial charge in [-0.05, 0) is 0 Å². The number of carbonyl (C=O) groups is 4. The lowest BCUT2D eigenvalue weighted by molar-refractivity contribution is -0.145. The second-order valence-corrected chi connectivity index (χ2v) is 4.02. The van der Waals surface area contributed by atoms with Crippen LogP contribution in [0.3, 0.4) is 0 Å². The zero-order valence-electron chi connectivity index (χ0n) is 11.2. The van der Waals surface area contributed by atoms with Gasteiger partial charge in [0.15, 0.2) is 0 Å². The van der Waals surface area contributed by atoms with E-state index in [1.54, 1.807) is 14.1 Å². The Morgan fingerprint density at radius 3 is 2.05 bits per heavy atom. The van der Waals surface area contributed by atoms with E-state index >= 15 is 0 Å². The molecule has 0 bridgehead atoms. The van der Waals surface area contributed by atoms with Gasteiger partial charge in [-0.15, -0.1) is 0 Å². The monoisotopic (exact) mass is 290 g/mol. The minimum Gasteiger partial charge on any atom is -0.481 e. The van der Waals surface area contributed by atoms with Crippen molar-refractivity contribution in [3.05, 3.63) is 0 Å². The molecule has 10 nitrogen and oxygen atoms in total. The summed E-state index contributed by atoms with van der Waals surface area (Å²) in [7, 11) is 3.11. The van der Waals surface area contributed by atoms with E-state index < -0.39 is 30.4 Å². The maximum Gasteiger partial charge on any atom is 0.326 e. The standard InChI is InChI=1S/C10H18N4O6/c1-14(2)10(20)12-4-3-11-9(19)13-6(8(17)18)5-7(15)16/h6H,3-5H2,1-2H3,(H,12,20)(H,15,16)(H,17,18)(H2,11,13,19)/t6-/m1/s1. The van der Waals surface area contributed by atoms with E-state index in [4.69, 9.17) is 10.2 Å². The first-order valence-electron chi connectivity index (χ1n) is 5.68. The van der Waals surface area contributed by atoms with Crippen molar-refractivity contribution in [2.24, 2.45) is 0 Å². The van der Waals surface area contributed by atoms with Crippen LogP contribution >= 0.6 is 0 Å². The Balaban J connectivity index is 4.00. The van der Waals surface area contributed by atoms with E-state index in [9.17, 15) is 19.2 Å². The van der Waals surface area contributed by atoms with Gasteiger partial charge in [0, 0.05) is 27.2 Å². The fourth-order valence-electron chi connectivity index (χ4n) is 1.09. The van der Waals surface area contributed by atoms with Crippen LogP contribution in [0.2, 0.25) is 0 Å². The van der Waals surface area contributed by atoms with Gasteiger partial charge in [0.2, 0.25) is 0 Å².